The Morgan fingerprint density at radius 1 is 0.962 bits per heavy atom. The third-order valence-electron chi connectivity index (χ3n) is 4.29. The van der Waals surface area contributed by atoms with Gasteiger partial charge in [0.15, 0.2) is 0 Å². The van der Waals surface area contributed by atoms with Crippen molar-refractivity contribution in [2.45, 2.75) is 16.6 Å². The van der Waals surface area contributed by atoms with Crippen LogP contribution in [0.15, 0.2) is 83.8 Å². The number of fused-ring (bicyclic) bond motifs is 1. The number of thioether (sulfide) groups is 1. The van der Waals surface area contributed by atoms with E-state index in [1.54, 1.807) is 11.8 Å². The molecule has 1 heterocycles. The van der Waals surface area contributed by atoms with Crippen LogP contribution in [0.4, 0.5) is 5.69 Å². The van der Waals surface area contributed by atoms with Crippen LogP contribution in [0.5, 0.6) is 5.75 Å². The number of anilines is 1. The Morgan fingerprint density at radius 2 is 1.69 bits per heavy atom. The summed E-state index contributed by atoms with van der Waals surface area (Å²) >= 11 is 1.56. The van der Waals surface area contributed by atoms with Gasteiger partial charge in [-0.05, 0) is 41.5 Å². The highest BCUT2D eigenvalue weighted by molar-refractivity contribution is 8.00. The summed E-state index contributed by atoms with van der Waals surface area (Å²) in [6.07, 6.45) is 0.889. The minimum absolute atomic E-state index is 0.0241. The number of carbonyl (C=O) groups excluding carboxylic acids is 1. The molecule has 0 bridgehead atoms. The number of ether oxygens (including phenoxy) is 1. The predicted octanol–water partition coefficient (Wildman–Crippen LogP) is 5.09. The zero-order chi connectivity index (χ0) is 17.8. The van der Waals surface area contributed by atoms with Gasteiger partial charge in [0.25, 0.3) is 0 Å². The molecule has 0 unspecified atom stereocenters. The van der Waals surface area contributed by atoms with Crippen LogP contribution < -0.4 is 10.1 Å². The Kier molecular flexibility index (Phi) is 4.93. The summed E-state index contributed by atoms with van der Waals surface area (Å²) in [4.78, 5) is 14.1. The number of hydrogen-bond donors (Lipinski definition) is 1. The second-order valence-corrected chi connectivity index (χ2v) is 7.31. The van der Waals surface area contributed by atoms with Gasteiger partial charge in [-0.1, -0.05) is 48.5 Å². The van der Waals surface area contributed by atoms with Crippen LogP contribution in [0.1, 0.15) is 16.4 Å². The SMILES string of the molecule is O=C(Nc1ccc2c(c1)CCO2)[C@@H](Sc1ccccc1)c1ccccc1. The first kappa shape index (κ1) is 16.7. The number of hydrogen-bond acceptors (Lipinski definition) is 3. The molecule has 4 heteroatoms. The van der Waals surface area contributed by atoms with Crippen LogP contribution in [0, 0.1) is 0 Å². The summed E-state index contributed by atoms with van der Waals surface area (Å²) < 4.78 is 5.54. The van der Waals surface area contributed by atoms with Crippen molar-refractivity contribution in [2.75, 3.05) is 11.9 Å². The lowest BCUT2D eigenvalue weighted by Gasteiger charge is -2.17. The average Bonchev–Trinajstić information content (AvgIpc) is 3.15. The Labute approximate surface area is 157 Å². The van der Waals surface area contributed by atoms with Crippen LogP contribution in [-0.4, -0.2) is 12.5 Å². The maximum atomic E-state index is 13.1. The summed E-state index contributed by atoms with van der Waals surface area (Å²) in [5, 5.41) is 2.76. The molecular weight excluding hydrogens is 342 g/mol. The topological polar surface area (TPSA) is 38.3 Å². The Balaban J connectivity index is 1.57. The van der Waals surface area contributed by atoms with E-state index in [4.69, 9.17) is 4.74 Å². The lowest BCUT2D eigenvalue weighted by atomic mass is 10.1. The quantitative estimate of drug-likeness (QED) is 0.643. The molecule has 0 fully saturated rings. The van der Waals surface area contributed by atoms with Crippen LogP contribution >= 0.6 is 11.8 Å². The number of amides is 1. The van der Waals surface area contributed by atoms with E-state index in [-0.39, 0.29) is 11.2 Å². The molecule has 0 aromatic heterocycles. The lowest BCUT2D eigenvalue weighted by molar-refractivity contribution is -0.115. The molecule has 0 radical (unpaired) electrons. The van der Waals surface area contributed by atoms with Crippen molar-refractivity contribution in [3.05, 3.63) is 90.0 Å². The molecule has 4 rings (SSSR count). The van der Waals surface area contributed by atoms with E-state index < -0.39 is 0 Å². The largest absolute Gasteiger partial charge is 0.493 e. The third-order valence-corrected chi connectivity index (χ3v) is 5.56. The maximum absolute atomic E-state index is 13.1. The zero-order valence-electron chi connectivity index (χ0n) is 14.2. The van der Waals surface area contributed by atoms with Crippen molar-refractivity contribution in [1.82, 2.24) is 0 Å². The highest BCUT2D eigenvalue weighted by Crippen LogP contribution is 2.36. The van der Waals surface area contributed by atoms with E-state index in [1.807, 2.05) is 78.9 Å². The molecule has 1 aliphatic heterocycles. The first-order valence-electron chi connectivity index (χ1n) is 8.63. The molecule has 3 aromatic carbocycles. The normalized spacial score (nSPS) is 13.5. The van der Waals surface area contributed by atoms with Crippen molar-refractivity contribution >= 4 is 23.4 Å². The monoisotopic (exact) mass is 361 g/mol. The molecular formula is C22H19NO2S. The van der Waals surface area contributed by atoms with Gasteiger partial charge < -0.3 is 10.1 Å². The molecule has 1 N–H and O–H groups in total. The first-order valence-corrected chi connectivity index (χ1v) is 9.51. The van der Waals surface area contributed by atoms with Crippen molar-refractivity contribution in [3.8, 4) is 5.75 Å². The number of nitrogens with one attached hydrogen (secondary N) is 1. The van der Waals surface area contributed by atoms with Crippen molar-refractivity contribution in [1.29, 1.82) is 0 Å². The molecule has 3 aromatic rings. The lowest BCUT2D eigenvalue weighted by Crippen LogP contribution is -2.19. The number of rotatable bonds is 5. The standard InChI is InChI=1S/C22H19NO2S/c24-22(23-18-11-12-20-17(15-18)13-14-25-20)21(16-7-3-1-4-8-16)26-19-9-5-2-6-10-19/h1-12,15,21H,13-14H2,(H,23,24)/t21-/m0/s1. The molecule has 0 saturated heterocycles. The van der Waals surface area contributed by atoms with E-state index >= 15 is 0 Å². The van der Waals surface area contributed by atoms with E-state index in [0.717, 1.165) is 33.9 Å². The molecule has 3 nitrogen and oxygen atoms in total. The van der Waals surface area contributed by atoms with Gasteiger partial charge in [-0.2, -0.15) is 0 Å². The van der Waals surface area contributed by atoms with Crippen molar-refractivity contribution in [2.24, 2.45) is 0 Å². The molecule has 26 heavy (non-hydrogen) atoms. The van der Waals surface area contributed by atoms with E-state index in [9.17, 15) is 4.79 Å². The van der Waals surface area contributed by atoms with Gasteiger partial charge >= 0.3 is 0 Å². The van der Waals surface area contributed by atoms with E-state index in [1.165, 1.54) is 0 Å². The maximum Gasteiger partial charge on any atom is 0.242 e. The molecule has 0 saturated carbocycles. The smallest absolute Gasteiger partial charge is 0.242 e. The molecule has 1 aliphatic rings. The Hall–Kier alpha value is -2.72. The summed E-state index contributed by atoms with van der Waals surface area (Å²) in [6, 6.07) is 25.7. The molecule has 0 aliphatic carbocycles. The third kappa shape index (κ3) is 3.75. The van der Waals surface area contributed by atoms with Crippen molar-refractivity contribution < 1.29 is 9.53 Å². The summed E-state index contributed by atoms with van der Waals surface area (Å²) in [5.74, 6) is 0.894. The molecule has 1 atom stereocenters. The second-order valence-electron chi connectivity index (χ2n) is 6.13. The summed E-state index contributed by atoms with van der Waals surface area (Å²) in [5.41, 5.74) is 2.95. The minimum atomic E-state index is -0.317. The van der Waals surface area contributed by atoms with Gasteiger partial charge in [0.1, 0.15) is 11.0 Å². The Bertz CT molecular complexity index is 897. The average molecular weight is 361 g/mol. The molecule has 130 valence electrons. The fourth-order valence-corrected chi connectivity index (χ4v) is 4.05. The summed E-state index contributed by atoms with van der Waals surface area (Å²) in [7, 11) is 0. The minimum Gasteiger partial charge on any atom is -0.493 e. The van der Waals surface area contributed by atoms with E-state index in [2.05, 4.69) is 5.32 Å². The van der Waals surface area contributed by atoms with Crippen molar-refractivity contribution in [3.63, 3.8) is 0 Å². The molecule has 1 amide bonds. The number of benzene rings is 3. The van der Waals surface area contributed by atoms with Crippen LogP contribution in [-0.2, 0) is 11.2 Å². The van der Waals surface area contributed by atoms with Crippen LogP contribution in [0.3, 0.4) is 0 Å². The fraction of sp³-hybridized carbons (Fsp3) is 0.136. The van der Waals surface area contributed by atoms with Crippen LogP contribution in [0.25, 0.3) is 0 Å². The van der Waals surface area contributed by atoms with Crippen LogP contribution in [0.2, 0.25) is 0 Å². The van der Waals surface area contributed by atoms with Gasteiger partial charge in [-0.15, -0.1) is 11.8 Å². The van der Waals surface area contributed by atoms with Gasteiger partial charge in [0.2, 0.25) is 5.91 Å². The first-order chi connectivity index (χ1) is 12.8. The molecule has 0 spiro atoms. The summed E-state index contributed by atoms with van der Waals surface area (Å²) in [6.45, 7) is 0.712. The van der Waals surface area contributed by atoms with E-state index in [0.29, 0.717) is 6.61 Å². The van der Waals surface area contributed by atoms with Gasteiger partial charge in [0, 0.05) is 17.0 Å². The second kappa shape index (κ2) is 7.67. The zero-order valence-corrected chi connectivity index (χ0v) is 15.0. The number of carbonyl (C=O) groups is 1. The highest BCUT2D eigenvalue weighted by atomic mass is 32.2. The van der Waals surface area contributed by atoms with Gasteiger partial charge in [0.05, 0.1) is 6.61 Å². The fourth-order valence-electron chi connectivity index (χ4n) is 3.01. The highest BCUT2D eigenvalue weighted by Gasteiger charge is 2.22. The Morgan fingerprint density at radius 3 is 2.46 bits per heavy atom. The van der Waals surface area contributed by atoms with Gasteiger partial charge in [-0.3, -0.25) is 4.79 Å². The van der Waals surface area contributed by atoms with Gasteiger partial charge in [-0.25, -0.2) is 0 Å². The predicted molar refractivity (Wildman–Crippen MR) is 106 cm³/mol.